The average molecular weight is 217 g/mol. The molecule has 1 rings (SSSR count). The van der Waals surface area contributed by atoms with E-state index < -0.39 is 5.97 Å². The number of aliphatic carboxylic acids is 1. The number of carboxylic acids is 1. The van der Waals surface area contributed by atoms with Crippen molar-refractivity contribution in [1.29, 1.82) is 0 Å². The van der Waals surface area contributed by atoms with E-state index in [1.54, 1.807) is 24.3 Å². The summed E-state index contributed by atoms with van der Waals surface area (Å²) in [6.07, 6.45) is 2.40. The zero-order valence-electron chi connectivity index (χ0n) is 6.54. The number of hydrogen-bond acceptors (Lipinski definition) is 2. The molecule has 0 atom stereocenters. The van der Waals surface area contributed by atoms with Crippen molar-refractivity contribution in [3.8, 4) is 0 Å². The van der Waals surface area contributed by atoms with Crippen molar-refractivity contribution in [2.45, 2.75) is 0 Å². The number of carbonyl (C=O) groups excluding carboxylic acids is 1. The Balaban J connectivity index is 0.00000144. The maximum atomic E-state index is 10.0. The number of carboxylic acid groups (broad SMARTS) is 1. The SMILES string of the molecule is O=C([O-])C=Cc1cccc(Cl)c1.[Cl-]. The monoisotopic (exact) mass is 216 g/mol. The van der Waals surface area contributed by atoms with Gasteiger partial charge in [0, 0.05) is 5.02 Å². The third kappa shape index (κ3) is 4.55. The molecule has 0 saturated heterocycles. The number of halogens is 2. The Labute approximate surface area is 87.2 Å². The number of hydrogen-bond donors (Lipinski definition) is 0. The fourth-order valence-electron chi connectivity index (χ4n) is 0.775. The maximum absolute atomic E-state index is 10.0. The molecule has 0 amide bonds. The lowest BCUT2D eigenvalue weighted by Gasteiger charge is -1.94. The van der Waals surface area contributed by atoms with Crippen LogP contribution in [-0.2, 0) is 4.79 Å². The largest absolute Gasteiger partial charge is 1.00 e. The van der Waals surface area contributed by atoms with Gasteiger partial charge in [0.25, 0.3) is 0 Å². The van der Waals surface area contributed by atoms with Crippen molar-refractivity contribution < 1.29 is 22.3 Å². The number of carbonyl (C=O) groups is 1. The minimum atomic E-state index is -1.21. The van der Waals surface area contributed by atoms with Crippen LogP contribution in [0.1, 0.15) is 5.56 Å². The van der Waals surface area contributed by atoms with Gasteiger partial charge >= 0.3 is 0 Å². The molecule has 2 nitrogen and oxygen atoms in total. The van der Waals surface area contributed by atoms with Gasteiger partial charge in [-0.25, -0.2) is 0 Å². The molecule has 0 radical (unpaired) electrons. The van der Waals surface area contributed by atoms with Gasteiger partial charge in [-0.15, -0.1) is 0 Å². The van der Waals surface area contributed by atoms with Gasteiger partial charge in [0.1, 0.15) is 0 Å². The standard InChI is InChI=1S/C9H7ClO2.ClH/c10-8-3-1-2-7(6-8)4-5-9(11)12;/h1-6H,(H,11,12);1H/p-2. The highest BCUT2D eigenvalue weighted by molar-refractivity contribution is 6.30. The van der Waals surface area contributed by atoms with Crippen molar-refractivity contribution in [2.75, 3.05) is 0 Å². The molecular weight excluding hydrogens is 211 g/mol. The van der Waals surface area contributed by atoms with Gasteiger partial charge in [0.15, 0.2) is 0 Å². The summed E-state index contributed by atoms with van der Waals surface area (Å²) in [6.45, 7) is 0. The third-order valence-electron chi connectivity index (χ3n) is 1.26. The smallest absolute Gasteiger partial charge is 0.0643 e. The van der Waals surface area contributed by atoms with Crippen molar-refractivity contribution >= 4 is 23.6 Å². The predicted octanol–water partition coefficient (Wildman–Crippen LogP) is -1.89. The zero-order valence-corrected chi connectivity index (χ0v) is 8.05. The van der Waals surface area contributed by atoms with E-state index in [0.717, 1.165) is 11.6 Å². The Morgan fingerprint density at radius 3 is 2.69 bits per heavy atom. The van der Waals surface area contributed by atoms with E-state index >= 15 is 0 Å². The summed E-state index contributed by atoms with van der Waals surface area (Å²) >= 11 is 5.66. The van der Waals surface area contributed by atoms with Gasteiger partial charge < -0.3 is 22.3 Å². The molecule has 0 aliphatic heterocycles. The molecule has 0 aromatic heterocycles. The first-order valence-corrected chi connectivity index (χ1v) is 3.71. The van der Waals surface area contributed by atoms with E-state index in [9.17, 15) is 9.90 Å². The number of rotatable bonds is 2. The quantitative estimate of drug-likeness (QED) is 0.543. The minimum absolute atomic E-state index is 0. The number of benzene rings is 1. The van der Waals surface area contributed by atoms with E-state index in [1.165, 1.54) is 6.08 Å². The lowest BCUT2D eigenvalue weighted by atomic mass is 10.2. The van der Waals surface area contributed by atoms with Crippen LogP contribution >= 0.6 is 11.6 Å². The molecular formula is C9H6Cl2O2-2. The Morgan fingerprint density at radius 1 is 1.46 bits per heavy atom. The van der Waals surface area contributed by atoms with Crippen LogP contribution < -0.4 is 17.5 Å². The van der Waals surface area contributed by atoms with E-state index in [0.29, 0.717) is 5.02 Å². The first-order valence-electron chi connectivity index (χ1n) is 3.33. The summed E-state index contributed by atoms with van der Waals surface area (Å²) < 4.78 is 0. The van der Waals surface area contributed by atoms with Gasteiger partial charge in [-0.05, 0) is 23.8 Å². The molecule has 4 heteroatoms. The van der Waals surface area contributed by atoms with Gasteiger partial charge in [-0.1, -0.05) is 29.8 Å². The Bertz CT molecular complexity index is 321. The Hall–Kier alpha value is -0.990. The zero-order chi connectivity index (χ0) is 8.97. The molecule has 13 heavy (non-hydrogen) atoms. The normalized spacial score (nSPS) is 9.62. The van der Waals surface area contributed by atoms with Gasteiger partial charge in [0.05, 0.1) is 5.97 Å². The lowest BCUT2D eigenvalue weighted by molar-refractivity contribution is -0.297. The van der Waals surface area contributed by atoms with Crippen molar-refractivity contribution in [2.24, 2.45) is 0 Å². The molecule has 0 fully saturated rings. The molecule has 70 valence electrons. The molecule has 0 aliphatic rings. The molecule has 0 spiro atoms. The molecule has 0 bridgehead atoms. The molecule has 0 saturated carbocycles. The third-order valence-corrected chi connectivity index (χ3v) is 1.50. The molecule has 0 unspecified atom stereocenters. The highest BCUT2D eigenvalue weighted by Crippen LogP contribution is 2.11. The van der Waals surface area contributed by atoms with Crippen LogP contribution in [0.25, 0.3) is 6.08 Å². The Morgan fingerprint density at radius 2 is 2.15 bits per heavy atom. The van der Waals surface area contributed by atoms with E-state index in [4.69, 9.17) is 11.6 Å². The highest BCUT2D eigenvalue weighted by Gasteiger charge is 1.87. The second kappa shape index (κ2) is 5.62. The first-order chi connectivity index (χ1) is 5.68. The van der Waals surface area contributed by atoms with Crippen LogP contribution in [0, 0.1) is 0 Å². The maximum Gasteiger partial charge on any atom is 0.0643 e. The molecule has 0 N–H and O–H groups in total. The van der Waals surface area contributed by atoms with Gasteiger partial charge in [-0.3, -0.25) is 0 Å². The van der Waals surface area contributed by atoms with Crippen molar-refractivity contribution in [3.63, 3.8) is 0 Å². The summed E-state index contributed by atoms with van der Waals surface area (Å²) in [6, 6.07) is 6.89. The fraction of sp³-hybridized carbons (Fsp3) is 0. The molecule has 1 aromatic rings. The summed E-state index contributed by atoms with van der Waals surface area (Å²) in [5.41, 5.74) is 0.742. The first kappa shape index (κ1) is 12.0. The van der Waals surface area contributed by atoms with E-state index in [-0.39, 0.29) is 12.4 Å². The van der Waals surface area contributed by atoms with Crippen LogP contribution in [-0.4, -0.2) is 5.97 Å². The lowest BCUT2D eigenvalue weighted by Crippen LogP contribution is -3.00. The molecule has 1 aromatic carbocycles. The van der Waals surface area contributed by atoms with Crippen LogP contribution in [0.2, 0.25) is 5.02 Å². The minimum Gasteiger partial charge on any atom is -1.00 e. The van der Waals surface area contributed by atoms with Crippen LogP contribution in [0.5, 0.6) is 0 Å². The van der Waals surface area contributed by atoms with Crippen LogP contribution in [0.4, 0.5) is 0 Å². The van der Waals surface area contributed by atoms with E-state index in [1.807, 2.05) is 0 Å². The van der Waals surface area contributed by atoms with E-state index in [2.05, 4.69) is 0 Å². The van der Waals surface area contributed by atoms with Crippen LogP contribution in [0.3, 0.4) is 0 Å². The van der Waals surface area contributed by atoms with Gasteiger partial charge in [0.2, 0.25) is 0 Å². The Kier molecular flexibility index (Phi) is 5.19. The highest BCUT2D eigenvalue weighted by atomic mass is 35.5. The second-order valence-corrected chi connectivity index (χ2v) is 2.64. The summed E-state index contributed by atoms with van der Waals surface area (Å²) in [5.74, 6) is -1.21. The predicted molar refractivity (Wildman–Crippen MR) is 45.5 cm³/mol. The second-order valence-electron chi connectivity index (χ2n) is 2.21. The van der Waals surface area contributed by atoms with Crippen molar-refractivity contribution in [3.05, 3.63) is 40.9 Å². The average Bonchev–Trinajstić information content (AvgIpc) is 2.01. The van der Waals surface area contributed by atoms with Crippen molar-refractivity contribution in [1.82, 2.24) is 0 Å². The summed E-state index contributed by atoms with van der Waals surface area (Å²) in [7, 11) is 0. The fourth-order valence-corrected chi connectivity index (χ4v) is 0.973. The van der Waals surface area contributed by atoms with Crippen LogP contribution in [0.15, 0.2) is 30.3 Å². The van der Waals surface area contributed by atoms with Gasteiger partial charge in [-0.2, -0.15) is 0 Å². The summed E-state index contributed by atoms with van der Waals surface area (Å²) in [4.78, 5) is 10.0. The molecule has 0 heterocycles. The summed E-state index contributed by atoms with van der Waals surface area (Å²) in [5, 5.41) is 10.6. The molecule has 0 aliphatic carbocycles. The topological polar surface area (TPSA) is 40.1 Å².